The lowest BCUT2D eigenvalue weighted by atomic mass is 9.99. The van der Waals surface area contributed by atoms with Gasteiger partial charge in [0.25, 0.3) is 0 Å². The normalized spacial score (nSPS) is 18.4. The van der Waals surface area contributed by atoms with Crippen LogP contribution in [0.2, 0.25) is 0 Å². The van der Waals surface area contributed by atoms with Crippen LogP contribution in [0.15, 0.2) is 27.6 Å². The fraction of sp³-hybridized carbons (Fsp3) is 0.538. The van der Waals surface area contributed by atoms with Crippen LogP contribution in [-0.4, -0.2) is 39.5 Å². The molecule has 2 rings (SSSR count). The van der Waals surface area contributed by atoms with Crippen molar-refractivity contribution < 1.29 is 17.5 Å². The lowest BCUT2D eigenvalue weighted by Crippen LogP contribution is -2.39. The minimum atomic E-state index is -3.61. The molecule has 1 aliphatic rings. The summed E-state index contributed by atoms with van der Waals surface area (Å²) >= 11 is 3.02. The molecule has 1 aromatic carbocycles. The van der Waals surface area contributed by atoms with Gasteiger partial charge in [0, 0.05) is 26.8 Å². The van der Waals surface area contributed by atoms with E-state index in [-0.39, 0.29) is 9.37 Å². The molecule has 0 amide bonds. The molecule has 0 atom stereocenters. The minimum Gasteiger partial charge on any atom is -0.384 e. The number of halogens is 2. The Balaban J connectivity index is 2.13. The van der Waals surface area contributed by atoms with Gasteiger partial charge in [0.2, 0.25) is 10.0 Å². The van der Waals surface area contributed by atoms with E-state index in [4.69, 9.17) is 4.74 Å². The molecule has 0 spiro atoms. The van der Waals surface area contributed by atoms with Crippen molar-refractivity contribution in [3.05, 3.63) is 28.5 Å². The lowest BCUT2D eigenvalue weighted by Gasteiger charge is -2.30. The third-order valence-electron chi connectivity index (χ3n) is 3.50. The largest absolute Gasteiger partial charge is 0.384 e. The number of ether oxygens (including phenoxy) is 1. The van der Waals surface area contributed by atoms with Crippen molar-refractivity contribution in [2.45, 2.75) is 17.7 Å². The van der Waals surface area contributed by atoms with E-state index in [1.165, 1.54) is 16.4 Å². The molecule has 0 saturated carbocycles. The van der Waals surface area contributed by atoms with Crippen LogP contribution in [0.3, 0.4) is 0 Å². The Bertz CT molecular complexity index is 571. The number of sulfonamides is 1. The van der Waals surface area contributed by atoms with Gasteiger partial charge >= 0.3 is 0 Å². The average molecular weight is 366 g/mol. The van der Waals surface area contributed by atoms with Gasteiger partial charge < -0.3 is 4.74 Å². The van der Waals surface area contributed by atoms with Crippen LogP contribution in [0.4, 0.5) is 4.39 Å². The highest BCUT2D eigenvalue weighted by Gasteiger charge is 2.29. The second-order valence-corrected chi connectivity index (χ2v) is 7.67. The molecule has 7 heteroatoms. The highest BCUT2D eigenvalue weighted by atomic mass is 79.9. The van der Waals surface area contributed by atoms with Gasteiger partial charge in [0.05, 0.1) is 9.37 Å². The average Bonchev–Trinajstić information content (AvgIpc) is 2.43. The summed E-state index contributed by atoms with van der Waals surface area (Å²) in [6, 6.07) is 3.89. The smallest absolute Gasteiger partial charge is 0.243 e. The molecule has 1 heterocycles. The first kappa shape index (κ1) is 15.9. The number of hydrogen-bond acceptors (Lipinski definition) is 3. The Kier molecular flexibility index (Phi) is 5.17. The van der Waals surface area contributed by atoms with Gasteiger partial charge in [0.1, 0.15) is 5.82 Å². The molecule has 0 N–H and O–H groups in total. The summed E-state index contributed by atoms with van der Waals surface area (Å²) in [5.74, 6) is -0.173. The topological polar surface area (TPSA) is 46.6 Å². The first-order valence-corrected chi connectivity index (χ1v) is 8.62. The summed E-state index contributed by atoms with van der Waals surface area (Å²) < 4.78 is 45.1. The third-order valence-corrected chi connectivity index (χ3v) is 6.04. The molecule has 0 unspecified atom stereocenters. The number of rotatable bonds is 4. The van der Waals surface area contributed by atoms with Gasteiger partial charge in [-0.2, -0.15) is 4.31 Å². The maximum atomic E-state index is 13.5. The fourth-order valence-electron chi connectivity index (χ4n) is 2.34. The lowest BCUT2D eigenvalue weighted by molar-refractivity contribution is 0.121. The Hall–Kier alpha value is -0.500. The predicted octanol–water partition coefficient (Wildman–Crippen LogP) is 2.64. The van der Waals surface area contributed by atoms with Gasteiger partial charge in [-0.3, -0.25) is 0 Å². The van der Waals surface area contributed by atoms with E-state index in [0.717, 1.165) is 18.9 Å². The molecule has 4 nitrogen and oxygen atoms in total. The zero-order valence-corrected chi connectivity index (χ0v) is 13.6. The summed E-state index contributed by atoms with van der Waals surface area (Å²) in [5.41, 5.74) is 0. The summed E-state index contributed by atoms with van der Waals surface area (Å²) in [6.07, 6.45) is 1.54. The van der Waals surface area contributed by atoms with Gasteiger partial charge in [-0.05, 0) is 52.9 Å². The van der Waals surface area contributed by atoms with E-state index < -0.39 is 15.8 Å². The van der Waals surface area contributed by atoms with Crippen molar-refractivity contribution in [1.29, 1.82) is 0 Å². The Morgan fingerprint density at radius 1 is 1.40 bits per heavy atom. The van der Waals surface area contributed by atoms with Crippen LogP contribution >= 0.6 is 15.9 Å². The molecule has 1 aromatic rings. The first-order chi connectivity index (χ1) is 9.45. The molecule has 1 aliphatic heterocycles. The maximum Gasteiger partial charge on any atom is 0.243 e. The summed E-state index contributed by atoms with van der Waals surface area (Å²) in [5, 5.41) is 0. The van der Waals surface area contributed by atoms with E-state index in [1.54, 1.807) is 7.11 Å². The SMILES string of the molecule is COCC1CCN(S(=O)(=O)c2ccc(Br)c(F)c2)CC1. The predicted molar refractivity (Wildman–Crippen MR) is 77.5 cm³/mol. The molecular weight excluding hydrogens is 349 g/mol. The van der Waals surface area contributed by atoms with Crippen LogP contribution in [0.25, 0.3) is 0 Å². The van der Waals surface area contributed by atoms with Crippen LogP contribution in [0.1, 0.15) is 12.8 Å². The van der Waals surface area contributed by atoms with Crippen LogP contribution in [0, 0.1) is 11.7 Å². The van der Waals surface area contributed by atoms with Crippen LogP contribution in [-0.2, 0) is 14.8 Å². The maximum absolute atomic E-state index is 13.5. The Labute approximate surface area is 127 Å². The first-order valence-electron chi connectivity index (χ1n) is 6.39. The highest BCUT2D eigenvalue weighted by molar-refractivity contribution is 9.10. The standard InChI is InChI=1S/C13H17BrFNO3S/c1-19-9-10-4-6-16(7-5-10)20(17,18)11-2-3-12(14)13(15)8-11/h2-3,8,10H,4-7,9H2,1H3. The molecule has 20 heavy (non-hydrogen) atoms. The van der Waals surface area contributed by atoms with Gasteiger partial charge in [-0.15, -0.1) is 0 Å². The van der Waals surface area contributed by atoms with E-state index >= 15 is 0 Å². The van der Waals surface area contributed by atoms with Gasteiger partial charge in [-0.25, -0.2) is 12.8 Å². The van der Waals surface area contributed by atoms with E-state index in [9.17, 15) is 12.8 Å². The molecular formula is C13H17BrFNO3S. The molecule has 0 bridgehead atoms. The molecule has 1 saturated heterocycles. The fourth-order valence-corrected chi connectivity index (χ4v) is 4.07. The van der Waals surface area contributed by atoms with Crippen LogP contribution < -0.4 is 0 Å². The van der Waals surface area contributed by atoms with Crippen molar-refractivity contribution in [1.82, 2.24) is 4.31 Å². The van der Waals surface area contributed by atoms with Crippen molar-refractivity contribution in [2.24, 2.45) is 5.92 Å². The number of benzene rings is 1. The third kappa shape index (κ3) is 3.39. The molecule has 112 valence electrons. The second kappa shape index (κ2) is 6.51. The zero-order valence-electron chi connectivity index (χ0n) is 11.2. The Morgan fingerprint density at radius 2 is 2.05 bits per heavy atom. The highest BCUT2D eigenvalue weighted by Crippen LogP contribution is 2.26. The van der Waals surface area contributed by atoms with E-state index in [2.05, 4.69) is 15.9 Å². The molecule has 0 aliphatic carbocycles. The number of hydrogen-bond donors (Lipinski definition) is 0. The van der Waals surface area contributed by atoms with Crippen molar-refractivity contribution in [3.63, 3.8) is 0 Å². The minimum absolute atomic E-state index is 0.00314. The van der Waals surface area contributed by atoms with E-state index in [1.807, 2.05) is 0 Å². The van der Waals surface area contributed by atoms with E-state index in [0.29, 0.717) is 25.6 Å². The van der Waals surface area contributed by atoms with Gasteiger partial charge in [-0.1, -0.05) is 0 Å². The molecule has 0 radical (unpaired) electrons. The van der Waals surface area contributed by atoms with Crippen molar-refractivity contribution >= 4 is 26.0 Å². The monoisotopic (exact) mass is 365 g/mol. The van der Waals surface area contributed by atoms with Crippen LogP contribution in [0.5, 0.6) is 0 Å². The zero-order chi connectivity index (χ0) is 14.8. The number of piperidine rings is 1. The molecule has 1 fully saturated rings. The summed E-state index contributed by atoms with van der Waals surface area (Å²) in [4.78, 5) is 0.00314. The quantitative estimate of drug-likeness (QED) is 0.823. The van der Waals surface area contributed by atoms with Gasteiger partial charge in [0.15, 0.2) is 0 Å². The second-order valence-electron chi connectivity index (χ2n) is 4.88. The summed E-state index contributed by atoms with van der Waals surface area (Å²) in [7, 11) is -1.96. The van der Waals surface area contributed by atoms with Crippen molar-refractivity contribution in [2.75, 3.05) is 26.8 Å². The summed E-state index contributed by atoms with van der Waals surface area (Å²) in [6.45, 7) is 1.56. The van der Waals surface area contributed by atoms with Crippen molar-refractivity contribution in [3.8, 4) is 0 Å². The Morgan fingerprint density at radius 3 is 2.60 bits per heavy atom. The number of nitrogens with zero attached hydrogens (tertiary/aromatic N) is 1. The number of methoxy groups -OCH3 is 1. The molecule has 0 aromatic heterocycles.